The second kappa shape index (κ2) is 6.31. The van der Waals surface area contributed by atoms with Gasteiger partial charge in [-0.15, -0.1) is 0 Å². The standard InChI is InChI=1S/C12H14N2O4S/c1-2-11(12(15)16)14-19(17,18)8-10-5-3-4-9(6-10)7-13/h3-6,11,14H,2,8H2,1H3,(H,15,16)/t11-/m1/s1. The third kappa shape index (κ3) is 4.69. The van der Waals surface area contributed by atoms with Crippen molar-refractivity contribution < 1.29 is 18.3 Å². The molecule has 0 radical (unpaired) electrons. The van der Waals surface area contributed by atoms with E-state index in [1.165, 1.54) is 6.07 Å². The van der Waals surface area contributed by atoms with Gasteiger partial charge < -0.3 is 5.11 Å². The van der Waals surface area contributed by atoms with E-state index in [9.17, 15) is 13.2 Å². The molecule has 1 aromatic carbocycles. The average Bonchev–Trinajstić information content (AvgIpc) is 2.35. The summed E-state index contributed by atoms with van der Waals surface area (Å²) in [6.45, 7) is 1.58. The lowest BCUT2D eigenvalue weighted by atomic mass is 10.2. The highest BCUT2D eigenvalue weighted by atomic mass is 32.2. The van der Waals surface area contributed by atoms with Crippen molar-refractivity contribution in [2.24, 2.45) is 0 Å². The second-order valence-electron chi connectivity index (χ2n) is 3.99. The number of hydrogen-bond donors (Lipinski definition) is 2. The van der Waals surface area contributed by atoms with E-state index in [0.29, 0.717) is 11.1 Å². The van der Waals surface area contributed by atoms with Crippen LogP contribution in [0.4, 0.5) is 0 Å². The maximum Gasteiger partial charge on any atom is 0.321 e. The smallest absolute Gasteiger partial charge is 0.321 e. The highest BCUT2D eigenvalue weighted by Gasteiger charge is 2.22. The molecule has 2 N–H and O–H groups in total. The molecule has 0 saturated carbocycles. The zero-order chi connectivity index (χ0) is 14.5. The molecule has 0 bridgehead atoms. The van der Waals surface area contributed by atoms with Gasteiger partial charge in [-0.05, 0) is 24.1 Å². The number of nitrogens with one attached hydrogen (secondary N) is 1. The van der Waals surface area contributed by atoms with Gasteiger partial charge in [-0.3, -0.25) is 4.79 Å². The summed E-state index contributed by atoms with van der Waals surface area (Å²) < 4.78 is 25.8. The minimum absolute atomic E-state index is 0.160. The van der Waals surface area contributed by atoms with Gasteiger partial charge >= 0.3 is 5.97 Å². The zero-order valence-corrected chi connectivity index (χ0v) is 11.1. The van der Waals surface area contributed by atoms with E-state index in [0.717, 1.165) is 0 Å². The molecule has 102 valence electrons. The van der Waals surface area contributed by atoms with Gasteiger partial charge in [-0.1, -0.05) is 19.1 Å². The number of carbonyl (C=O) groups is 1. The van der Waals surface area contributed by atoms with E-state index >= 15 is 0 Å². The molecular formula is C12H14N2O4S. The van der Waals surface area contributed by atoms with Crippen LogP contribution in [-0.4, -0.2) is 25.5 Å². The van der Waals surface area contributed by atoms with Gasteiger partial charge in [0.2, 0.25) is 10.0 Å². The molecule has 0 aliphatic rings. The van der Waals surface area contributed by atoms with Gasteiger partial charge in [0.1, 0.15) is 6.04 Å². The first-order chi connectivity index (χ1) is 8.88. The van der Waals surface area contributed by atoms with Gasteiger partial charge in [0, 0.05) is 0 Å². The number of nitrogens with zero attached hydrogens (tertiary/aromatic N) is 1. The SMILES string of the molecule is CC[C@@H](NS(=O)(=O)Cc1cccc(C#N)c1)C(=O)O. The largest absolute Gasteiger partial charge is 0.480 e. The van der Waals surface area contributed by atoms with Crippen LogP contribution in [0.15, 0.2) is 24.3 Å². The number of nitriles is 1. The zero-order valence-electron chi connectivity index (χ0n) is 10.3. The minimum atomic E-state index is -3.76. The molecule has 0 unspecified atom stereocenters. The van der Waals surface area contributed by atoms with Crippen molar-refractivity contribution >= 4 is 16.0 Å². The van der Waals surface area contributed by atoms with Crippen LogP contribution in [0.5, 0.6) is 0 Å². The Hall–Kier alpha value is -1.91. The Balaban J connectivity index is 2.85. The van der Waals surface area contributed by atoms with Gasteiger partial charge in [-0.2, -0.15) is 5.26 Å². The Kier molecular flexibility index (Phi) is 5.03. The van der Waals surface area contributed by atoms with Crippen molar-refractivity contribution in [3.63, 3.8) is 0 Å². The van der Waals surface area contributed by atoms with Crippen LogP contribution in [0.3, 0.4) is 0 Å². The number of carboxylic acids is 1. The quantitative estimate of drug-likeness (QED) is 0.804. The van der Waals surface area contributed by atoms with Gasteiger partial charge in [0.15, 0.2) is 0 Å². The van der Waals surface area contributed by atoms with Crippen LogP contribution in [0.2, 0.25) is 0 Å². The summed E-state index contributed by atoms with van der Waals surface area (Å²) in [6.07, 6.45) is 0.160. The van der Waals surface area contributed by atoms with Crippen molar-refractivity contribution in [2.45, 2.75) is 25.1 Å². The highest BCUT2D eigenvalue weighted by molar-refractivity contribution is 7.88. The maximum atomic E-state index is 11.8. The summed E-state index contributed by atoms with van der Waals surface area (Å²) in [5.41, 5.74) is 0.796. The lowest BCUT2D eigenvalue weighted by Crippen LogP contribution is -2.40. The van der Waals surface area contributed by atoms with E-state index in [1.807, 2.05) is 6.07 Å². The molecular weight excluding hydrogens is 268 g/mol. The molecule has 0 aromatic heterocycles. The molecule has 6 nitrogen and oxygen atoms in total. The fraction of sp³-hybridized carbons (Fsp3) is 0.333. The molecule has 7 heteroatoms. The van der Waals surface area contributed by atoms with Crippen molar-refractivity contribution in [3.05, 3.63) is 35.4 Å². The van der Waals surface area contributed by atoms with Crippen LogP contribution < -0.4 is 4.72 Å². The van der Waals surface area contributed by atoms with Gasteiger partial charge in [0.25, 0.3) is 0 Å². The van der Waals surface area contributed by atoms with Crippen molar-refractivity contribution in [1.29, 1.82) is 5.26 Å². The Morgan fingerprint density at radius 2 is 2.21 bits per heavy atom. The molecule has 0 aliphatic heterocycles. The Labute approximate surface area is 111 Å². The Morgan fingerprint density at radius 3 is 2.74 bits per heavy atom. The topological polar surface area (TPSA) is 107 Å². The third-order valence-electron chi connectivity index (χ3n) is 2.44. The molecule has 1 rings (SSSR count). The van der Waals surface area contributed by atoms with Crippen LogP contribution in [0.1, 0.15) is 24.5 Å². The molecule has 1 atom stereocenters. The molecule has 0 heterocycles. The normalized spacial score (nSPS) is 12.6. The Morgan fingerprint density at radius 1 is 1.53 bits per heavy atom. The summed E-state index contributed by atoms with van der Waals surface area (Å²) in [7, 11) is -3.76. The van der Waals surface area contributed by atoms with E-state index < -0.39 is 22.0 Å². The van der Waals surface area contributed by atoms with Crippen LogP contribution in [-0.2, 0) is 20.6 Å². The first-order valence-electron chi connectivity index (χ1n) is 5.60. The third-order valence-corrected chi connectivity index (χ3v) is 3.80. The molecule has 0 aliphatic carbocycles. The number of hydrogen-bond acceptors (Lipinski definition) is 4. The summed E-state index contributed by atoms with van der Waals surface area (Å²) >= 11 is 0. The van der Waals surface area contributed by atoms with Crippen molar-refractivity contribution in [1.82, 2.24) is 4.72 Å². The molecule has 0 saturated heterocycles. The Bertz CT molecular complexity index is 604. The summed E-state index contributed by atoms with van der Waals surface area (Å²) in [6, 6.07) is 6.96. The van der Waals surface area contributed by atoms with Crippen molar-refractivity contribution in [2.75, 3.05) is 0 Å². The number of rotatable bonds is 6. The highest BCUT2D eigenvalue weighted by Crippen LogP contribution is 2.09. The number of aliphatic carboxylic acids is 1. The summed E-state index contributed by atoms with van der Waals surface area (Å²) in [5, 5.41) is 17.5. The lowest BCUT2D eigenvalue weighted by molar-refractivity contribution is -0.139. The van der Waals surface area contributed by atoms with Gasteiger partial charge in [-0.25, -0.2) is 13.1 Å². The number of benzene rings is 1. The average molecular weight is 282 g/mol. The summed E-state index contributed by atoms with van der Waals surface area (Å²) in [5.74, 6) is -1.57. The first-order valence-corrected chi connectivity index (χ1v) is 7.25. The molecule has 1 aromatic rings. The van der Waals surface area contributed by atoms with E-state index in [2.05, 4.69) is 4.72 Å². The predicted molar refractivity (Wildman–Crippen MR) is 68.6 cm³/mol. The lowest BCUT2D eigenvalue weighted by Gasteiger charge is -2.12. The molecule has 0 fully saturated rings. The summed E-state index contributed by atoms with van der Waals surface area (Å²) in [4.78, 5) is 10.8. The van der Waals surface area contributed by atoms with E-state index in [1.54, 1.807) is 25.1 Å². The molecule has 0 spiro atoms. The van der Waals surface area contributed by atoms with Crippen LogP contribution >= 0.6 is 0 Å². The monoisotopic (exact) mass is 282 g/mol. The van der Waals surface area contributed by atoms with Crippen LogP contribution in [0, 0.1) is 11.3 Å². The number of carboxylic acid groups (broad SMARTS) is 1. The van der Waals surface area contributed by atoms with Gasteiger partial charge in [0.05, 0.1) is 17.4 Å². The van der Waals surface area contributed by atoms with Crippen LogP contribution in [0.25, 0.3) is 0 Å². The fourth-order valence-electron chi connectivity index (χ4n) is 1.52. The van der Waals surface area contributed by atoms with E-state index in [-0.39, 0.29) is 12.2 Å². The first kappa shape index (κ1) is 15.1. The van der Waals surface area contributed by atoms with E-state index in [4.69, 9.17) is 10.4 Å². The predicted octanol–water partition coefficient (Wildman–Crippen LogP) is 0.841. The molecule has 19 heavy (non-hydrogen) atoms. The fourth-order valence-corrected chi connectivity index (χ4v) is 2.92. The minimum Gasteiger partial charge on any atom is -0.480 e. The number of sulfonamides is 1. The second-order valence-corrected chi connectivity index (χ2v) is 5.74. The van der Waals surface area contributed by atoms with Crippen molar-refractivity contribution in [3.8, 4) is 6.07 Å². The maximum absolute atomic E-state index is 11.8. The molecule has 0 amide bonds.